The Balaban J connectivity index is 0.000000149. The average Bonchev–Trinajstić information content (AvgIpc) is 4.06. The van der Waals surface area contributed by atoms with Gasteiger partial charge in [-0.25, -0.2) is 19.3 Å². The van der Waals surface area contributed by atoms with E-state index < -0.39 is 12.1 Å². The van der Waals surface area contributed by atoms with Crippen molar-refractivity contribution in [1.82, 2.24) is 49.3 Å². The van der Waals surface area contributed by atoms with Crippen molar-refractivity contribution in [1.29, 1.82) is 0 Å². The number of nitrogen functional groups attached to an aromatic ring is 1. The van der Waals surface area contributed by atoms with Gasteiger partial charge in [0.2, 0.25) is 17.1 Å². The Morgan fingerprint density at radius 1 is 0.647 bits per heavy atom. The van der Waals surface area contributed by atoms with E-state index in [0.29, 0.717) is 41.5 Å². The minimum Gasteiger partial charge on any atom is -0.399 e. The summed E-state index contributed by atoms with van der Waals surface area (Å²) in [5.41, 5.74) is 18.8. The van der Waals surface area contributed by atoms with Crippen LogP contribution in [0.5, 0.6) is 0 Å². The predicted molar refractivity (Wildman–Crippen MR) is 257 cm³/mol. The van der Waals surface area contributed by atoms with Crippen LogP contribution in [0.15, 0.2) is 85.2 Å². The number of anilines is 7. The fourth-order valence-corrected chi connectivity index (χ4v) is 8.25. The first-order valence-corrected chi connectivity index (χ1v) is 21.8. The van der Waals surface area contributed by atoms with Crippen molar-refractivity contribution in [2.75, 3.05) is 21.7 Å². The van der Waals surface area contributed by atoms with E-state index >= 15 is 0 Å². The first-order valence-electron chi connectivity index (χ1n) is 21.4. The SMILES string of the molecule is CC(=O)N1Cc2ccc(Nc3ncc4c(Nc5c(C)cccc5C)nn(C)c4n3)cc2C1.Cc1cccc(C)c1Nc1nn(C)c2nc(Cl)ncc12.Nc1ccc2c(c1)CN(C(=O)C(F)(F)F)C2. The Bertz CT molecular complexity index is 3200. The summed E-state index contributed by atoms with van der Waals surface area (Å²) in [4.78, 5) is 42.7. The maximum atomic E-state index is 12.2. The summed E-state index contributed by atoms with van der Waals surface area (Å²) < 4.78 is 40.0. The van der Waals surface area contributed by atoms with Gasteiger partial charge in [-0.2, -0.15) is 33.3 Å². The molecule has 2 aliphatic rings. The molecule has 6 heterocycles. The first-order chi connectivity index (χ1) is 32.3. The molecule has 0 saturated carbocycles. The molecule has 4 aromatic carbocycles. The molecule has 0 bridgehead atoms. The van der Waals surface area contributed by atoms with Crippen molar-refractivity contribution in [3.63, 3.8) is 0 Å². The van der Waals surface area contributed by atoms with Crippen LogP contribution in [0.2, 0.25) is 5.28 Å². The van der Waals surface area contributed by atoms with Gasteiger partial charge in [0.1, 0.15) is 0 Å². The van der Waals surface area contributed by atoms with Crippen LogP contribution in [-0.2, 0) is 49.9 Å². The fraction of sp³-hybridized carbons (Fsp3) is 0.250. The zero-order valence-corrected chi connectivity index (χ0v) is 39.0. The largest absolute Gasteiger partial charge is 0.471 e. The lowest BCUT2D eigenvalue weighted by molar-refractivity contribution is -0.186. The Hall–Kier alpha value is -7.80. The summed E-state index contributed by atoms with van der Waals surface area (Å²) in [5, 5.41) is 21.1. The Kier molecular flexibility index (Phi) is 12.9. The number of aromatic nitrogens is 8. The molecule has 68 heavy (non-hydrogen) atoms. The van der Waals surface area contributed by atoms with Crippen LogP contribution >= 0.6 is 11.6 Å². The quantitative estimate of drug-likeness (QED) is 0.0914. The molecule has 0 unspecified atom stereocenters. The lowest BCUT2D eigenvalue weighted by Crippen LogP contribution is -2.37. The topological polar surface area (TPSA) is 190 Å². The van der Waals surface area contributed by atoms with E-state index in [9.17, 15) is 22.8 Å². The van der Waals surface area contributed by atoms with E-state index in [1.54, 1.807) is 46.9 Å². The lowest BCUT2D eigenvalue weighted by atomic mass is 10.1. The van der Waals surface area contributed by atoms with Crippen molar-refractivity contribution in [3.8, 4) is 0 Å². The van der Waals surface area contributed by atoms with Crippen LogP contribution in [-0.4, -0.2) is 67.3 Å². The Morgan fingerprint density at radius 2 is 1.13 bits per heavy atom. The van der Waals surface area contributed by atoms with E-state index in [-0.39, 0.29) is 24.3 Å². The van der Waals surface area contributed by atoms with Gasteiger partial charge in [0.15, 0.2) is 22.9 Å². The highest BCUT2D eigenvalue weighted by Crippen LogP contribution is 2.32. The predicted octanol–water partition coefficient (Wildman–Crippen LogP) is 9.38. The fourth-order valence-electron chi connectivity index (χ4n) is 8.12. The zero-order valence-electron chi connectivity index (χ0n) is 38.3. The number of nitrogens with zero attached hydrogens (tertiary/aromatic N) is 10. The second-order valence-electron chi connectivity index (χ2n) is 16.7. The number of carbonyl (C=O) groups excluding carboxylic acids is 2. The Morgan fingerprint density at radius 3 is 1.69 bits per heavy atom. The van der Waals surface area contributed by atoms with Crippen LogP contribution in [0.1, 0.15) is 51.4 Å². The van der Waals surface area contributed by atoms with Gasteiger partial charge in [0, 0.05) is 82.3 Å². The third-order valence-corrected chi connectivity index (χ3v) is 11.9. The van der Waals surface area contributed by atoms with Crippen LogP contribution < -0.4 is 21.7 Å². The lowest BCUT2D eigenvalue weighted by Gasteiger charge is -2.16. The van der Waals surface area contributed by atoms with Gasteiger partial charge in [-0.1, -0.05) is 48.5 Å². The van der Waals surface area contributed by atoms with Crippen molar-refractivity contribution in [2.45, 2.75) is 67.0 Å². The molecule has 0 radical (unpaired) electrons. The van der Waals surface area contributed by atoms with Gasteiger partial charge in [-0.05, 0) is 108 Å². The molecule has 0 spiro atoms. The van der Waals surface area contributed by atoms with Crippen molar-refractivity contribution in [3.05, 3.63) is 135 Å². The number of rotatable bonds is 6. The summed E-state index contributed by atoms with van der Waals surface area (Å²) in [7, 11) is 3.71. The van der Waals surface area contributed by atoms with Gasteiger partial charge < -0.3 is 31.5 Å². The van der Waals surface area contributed by atoms with E-state index in [1.807, 2.05) is 37.2 Å². The molecule has 0 saturated heterocycles. The normalized spacial score (nSPS) is 12.8. The second-order valence-corrected chi connectivity index (χ2v) is 17.0. The third-order valence-electron chi connectivity index (χ3n) is 11.7. The summed E-state index contributed by atoms with van der Waals surface area (Å²) in [6.07, 6.45) is -1.33. The molecule has 16 nitrogen and oxygen atoms in total. The number of nitrogens with one attached hydrogen (secondary N) is 3. The van der Waals surface area contributed by atoms with Crippen molar-refractivity contribution >= 4 is 85.8 Å². The maximum absolute atomic E-state index is 12.2. The summed E-state index contributed by atoms with van der Waals surface area (Å²) in [5.74, 6) is 0.249. The molecule has 0 fully saturated rings. The summed E-state index contributed by atoms with van der Waals surface area (Å²) in [6, 6.07) is 23.3. The minimum atomic E-state index is -4.81. The van der Waals surface area contributed by atoms with Crippen molar-refractivity contribution in [2.24, 2.45) is 14.1 Å². The monoisotopic (exact) mass is 944 g/mol. The van der Waals surface area contributed by atoms with Gasteiger partial charge in [-0.3, -0.25) is 9.59 Å². The van der Waals surface area contributed by atoms with E-state index in [1.165, 1.54) is 16.7 Å². The molecule has 10 rings (SSSR count). The molecule has 5 N–H and O–H groups in total. The van der Waals surface area contributed by atoms with Crippen molar-refractivity contribution < 1.29 is 22.8 Å². The van der Waals surface area contributed by atoms with Crippen LogP contribution in [0, 0.1) is 27.7 Å². The highest BCUT2D eigenvalue weighted by Gasteiger charge is 2.44. The number of amides is 2. The molecule has 20 heteroatoms. The van der Waals surface area contributed by atoms with Crippen LogP contribution in [0.25, 0.3) is 22.1 Å². The summed E-state index contributed by atoms with van der Waals surface area (Å²) >= 11 is 5.83. The molecule has 0 aliphatic carbocycles. The number of aryl methyl sites for hydroxylation is 6. The molecule has 0 atom stereocenters. The van der Waals surface area contributed by atoms with E-state index in [4.69, 9.17) is 17.3 Å². The molecule has 2 amide bonds. The standard InChI is InChI=1S/C24H25N7O.C14H14ClN5.C10H9F3N2O/c1-14-6-5-7-15(2)21(14)27-22-20-11-25-24(28-23(20)30(4)29-22)26-19-9-8-17-12-31(16(3)32)13-18(17)10-19;1-8-5-4-6-9(2)11(8)17-12-10-7-16-14(15)18-13(10)20(3)19-12;11-10(12,13)9(16)15-4-6-1-2-8(14)3-7(6)5-15/h5-11H,12-13H2,1-4H3,(H,27,29)(H,25,26,28);4-7H,1-3H3,(H,17,19);1-3H,4-5,14H2. The molecule has 2 aliphatic heterocycles. The molecular weight excluding hydrogens is 897 g/mol. The number of benzene rings is 4. The van der Waals surface area contributed by atoms with Gasteiger partial charge in [0.05, 0.1) is 10.8 Å². The minimum absolute atomic E-state index is 0.00600. The number of para-hydroxylation sites is 2. The first kappa shape index (κ1) is 46.7. The van der Waals surface area contributed by atoms with Gasteiger partial charge in [0.25, 0.3) is 0 Å². The number of halogens is 4. The number of carbonyl (C=O) groups is 2. The molecule has 4 aromatic heterocycles. The third kappa shape index (κ3) is 9.97. The number of fused-ring (bicyclic) bond motifs is 4. The van der Waals surface area contributed by atoms with E-state index in [0.717, 1.165) is 66.7 Å². The number of hydrogen-bond acceptors (Lipinski definition) is 12. The average molecular weight is 945 g/mol. The molecular formula is C48H48ClF3N14O2. The summed E-state index contributed by atoms with van der Waals surface area (Å²) in [6.45, 7) is 11.1. The highest BCUT2D eigenvalue weighted by molar-refractivity contribution is 6.28. The molecule has 350 valence electrons. The van der Waals surface area contributed by atoms with Gasteiger partial charge in [-0.15, -0.1) is 0 Å². The second kappa shape index (κ2) is 18.8. The smallest absolute Gasteiger partial charge is 0.399 e. The number of nitrogens with two attached hydrogens (primary N) is 1. The maximum Gasteiger partial charge on any atom is 0.471 e. The number of alkyl halides is 3. The number of hydrogen-bond donors (Lipinski definition) is 4. The van der Waals surface area contributed by atoms with Crippen LogP contribution in [0.3, 0.4) is 0 Å². The molecule has 8 aromatic rings. The Labute approximate surface area is 394 Å². The highest BCUT2D eigenvalue weighted by atomic mass is 35.5. The van der Waals surface area contributed by atoms with Gasteiger partial charge >= 0.3 is 12.1 Å². The van der Waals surface area contributed by atoms with E-state index in [2.05, 4.69) is 110 Å². The zero-order chi connectivity index (χ0) is 48.6. The van der Waals surface area contributed by atoms with Crippen LogP contribution in [0.4, 0.5) is 53.5 Å².